The molecule has 0 amide bonds. The van der Waals surface area contributed by atoms with Crippen LogP contribution in [0.1, 0.15) is 33.6 Å². The SMILES string of the molecule is CC(C)O[C@@H]1O[C@H](COC(=O)CC(C)(O)CC(=O)O)[C@@H](O)[C@H](O)[C@H]1O. The number of carboxylic acid groups (broad SMARTS) is 1. The lowest BCUT2D eigenvalue weighted by atomic mass is 9.98. The van der Waals surface area contributed by atoms with Crippen LogP contribution in [0.3, 0.4) is 0 Å². The Bertz CT molecular complexity index is 463. The van der Waals surface area contributed by atoms with Crippen molar-refractivity contribution in [3.8, 4) is 0 Å². The molecule has 1 fully saturated rings. The molecule has 0 bridgehead atoms. The molecule has 1 unspecified atom stereocenters. The number of aliphatic carboxylic acids is 1. The molecule has 0 aromatic carbocycles. The Morgan fingerprint density at radius 3 is 2.24 bits per heavy atom. The number of aliphatic hydroxyl groups excluding tert-OH is 3. The number of rotatable bonds is 8. The molecule has 0 saturated carbocycles. The zero-order valence-corrected chi connectivity index (χ0v) is 14.4. The maximum Gasteiger partial charge on any atom is 0.308 e. The number of hydrogen-bond donors (Lipinski definition) is 5. The van der Waals surface area contributed by atoms with Gasteiger partial charge in [0.05, 0.1) is 24.5 Å². The summed E-state index contributed by atoms with van der Waals surface area (Å²) < 4.78 is 15.5. The van der Waals surface area contributed by atoms with E-state index in [1.165, 1.54) is 6.92 Å². The highest BCUT2D eigenvalue weighted by Crippen LogP contribution is 2.24. The van der Waals surface area contributed by atoms with Crippen molar-refractivity contribution in [2.45, 2.75) is 76.0 Å². The third kappa shape index (κ3) is 6.84. The zero-order valence-electron chi connectivity index (χ0n) is 14.4. The topological polar surface area (TPSA) is 163 Å². The van der Waals surface area contributed by atoms with Crippen LogP contribution in [0.25, 0.3) is 0 Å². The molecule has 0 spiro atoms. The van der Waals surface area contributed by atoms with Crippen LogP contribution in [0.4, 0.5) is 0 Å². The van der Waals surface area contributed by atoms with Crippen molar-refractivity contribution in [3.05, 3.63) is 0 Å². The summed E-state index contributed by atoms with van der Waals surface area (Å²) in [4.78, 5) is 22.3. The minimum atomic E-state index is -1.78. The molecule has 5 N–H and O–H groups in total. The van der Waals surface area contributed by atoms with Gasteiger partial charge in [-0.15, -0.1) is 0 Å². The Balaban J connectivity index is 2.59. The number of carbonyl (C=O) groups excluding carboxylic acids is 1. The van der Waals surface area contributed by atoms with Crippen molar-refractivity contribution in [2.24, 2.45) is 0 Å². The van der Waals surface area contributed by atoms with Crippen molar-refractivity contribution in [3.63, 3.8) is 0 Å². The monoisotopic (exact) mass is 366 g/mol. The fourth-order valence-electron chi connectivity index (χ4n) is 2.36. The van der Waals surface area contributed by atoms with Crippen LogP contribution < -0.4 is 0 Å². The highest BCUT2D eigenvalue weighted by atomic mass is 16.7. The van der Waals surface area contributed by atoms with E-state index in [9.17, 15) is 30.0 Å². The van der Waals surface area contributed by atoms with Gasteiger partial charge in [-0.25, -0.2) is 0 Å². The first-order chi connectivity index (χ1) is 11.4. The molecule has 10 heteroatoms. The van der Waals surface area contributed by atoms with E-state index in [1.807, 2.05) is 0 Å². The fraction of sp³-hybridized carbons (Fsp3) is 0.867. The molecule has 0 aliphatic carbocycles. The smallest absolute Gasteiger partial charge is 0.308 e. The molecular formula is C15H26O10. The van der Waals surface area contributed by atoms with Crippen molar-refractivity contribution in [1.82, 2.24) is 0 Å². The van der Waals surface area contributed by atoms with Crippen molar-refractivity contribution < 1.29 is 49.3 Å². The average Bonchev–Trinajstić information content (AvgIpc) is 2.44. The highest BCUT2D eigenvalue weighted by Gasteiger charge is 2.45. The van der Waals surface area contributed by atoms with Crippen molar-refractivity contribution >= 4 is 11.9 Å². The Morgan fingerprint density at radius 2 is 1.72 bits per heavy atom. The largest absolute Gasteiger partial charge is 0.481 e. The van der Waals surface area contributed by atoms with Crippen LogP contribution in [-0.4, -0.2) is 86.5 Å². The standard InChI is InChI=1S/C15H26O10/c1-7(2)24-14-13(21)12(20)11(19)8(25-14)6-23-10(18)5-15(3,22)4-9(16)17/h7-8,11-14,19-22H,4-6H2,1-3H3,(H,16,17)/t8-,11-,12+,13-,14-,15?/m1/s1. The molecular weight excluding hydrogens is 340 g/mol. The van der Waals surface area contributed by atoms with Gasteiger partial charge in [0.15, 0.2) is 6.29 Å². The Kier molecular flexibility index (Phi) is 7.72. The van der Waals surface area contributed by atoms with E-state index < -0.39 is 67.7 Å². The third-order valence-corrected chi connectivity index (χ3v) is 3.54. The van der Waals surface area contributed by atoms with Crippen LogP contribution >= 0.6 is 0 Å². The molecule has 146 valence electrons. The molecule has 1 rings (SSSR count). The van der Waals surface area contributed by atoms with Crippen LogP contribution in [0, 0.1) is 0 Å². The van der Waals surface area contributed by atoms with E-state index in [0.29, 0.717) is 0 Å². The van der Waals surface area contributed by atoms with E-state index in [0.717, 1.165) is 0 Å². The Hall–Kier alpha value is -1.30. The van der Waals surface area contributed by atoms with Crippen LogP contribution in [-0.2, 0) is 23.8 Å². The molecule has 10 nitrogen and oxygen atoms in total. The van der Waals surface area contributed by atoms with Crippen LogP contribution in [0.2, 0.25) is 0 Å². The van der Waals surface area contributed by atoms with Crippen molar-refractivity contribution in [1.29, 1.82) is 0 Å². The van der Waals surface area contributed by atoms with Gasteiger partial charge in [0.2, 0.25) is 0 Å². The predicted octanol–water partition coefficient (Wildman–Crippen LogP) is -1.62. The first-order valence-corrected chi connectivity index (χ1v) is 7.88. The van der Waals surface area contributed by atoms with E-state index in [4.69, 9.17) is 19.3 Å². The average molecular weight is 366 g/mol. The second kappa shape index (κ2) is 8.88. The van der Waals surface area contributed by atoms with E-state index >= 15 is 0 Å². The van der Waals surface area contributed by atoms with Crippen LogP contribution in [0.15, 0.2) is 0 Å². The zero-order chi connectivity index (χ0) is 19.4. The number of esters is 1. The number of aliphatic hydroxyl groups is 4. The van der Waals surface area contributed by atoms with Gasteiger partial charge in [-0.3, -0.25) is 9.59 Å². The van der Waals surface area contributed by atoms with Gasteiger partial charge in [-0.05, 0) is 20.8 Å². The minimum absolute atomic E-state index is 0.323. The molecule has 1 aliphatic heterocycles. The lowest BCUT2D eigenvalue weighted by molar-refractivity contribution is -0.309. The second-order valence-corrected chi connectivity index (χ2v) is 6.63. The number of hydrogen-bond acceptors (Lipinski definition) is 9. The van der Waals surface area contributed by atoms with Gasteiger partial charge in [-0.2, -0.15) is 0 Å². The predicted molar refractivity (Wildman–Crippen MR) is 81.4 cm³/mol. The quantitative estimate of drug-likeness (QED) is 0.315. The van der Waals surface area contributed by atoms with Gasteiger partial charge in [-0.1, -0.05) is 0 Å². The van der Waals surface area contributed by atoms with Gasteiger partial charge in [0.25, 0.3) is 0 Å². The lowest BCUT2D eigenvalue weighted by Gasteiger charge is -2.40. The first-order valence-electron chi connectivity index (χ1n) is 7.88. The summed E-state index contributed by atoms with van der Waals surface area (Å²) in [5, 5.41) is 48.1. The molecule has 0 aromatic heterocycles. The van der Waals surface area contributed by atoms with Crippen molar-refractivity contribution in [2.75, 3.05) is 6.61 Å². The van der Waals surface area contributed by atoms with Gasteiger partial charge >= 0.3 is 11.9 Å². The van der Waals surface area contributed by atoms with Crippen LogP contribution in [0.5, 0.6) is 0 Å². The van der Waals surface area contributed by atoms with Gasteiger partial charge in [0, 0.05) is 0 Å². The summed E-state index contributed by atoms with van der Waals surface area (Å²) in [5.41, 5.74) is -1.78. The maximum absolute atomic E-state index is 11.7. The summed E-state index contributed by atoms with van der Waals surface area (Å²) in [7, 11) is 0. The lowest BCUT2D eigenvalue weighted by Crippen LogP contribution is -2.59. The number of carbonyl (C=O) groups is 2. The second-order valence-electron chi connectivity index (χ2n) is 6.63. The summed E-state index contributed by atoms with van der Waals surface area (Å²) in [5.74, 6) is -2.17. The number of carboxylic acids is 1. The molecule has 0 aromatic rings. The summed E-state index contributed by atoms with van der Waals surface area (Å²) in [6.07, 6.45) is -8.45. The summed E-state index contributed by atoms with van der Waals surface area (Å²) in [6, 6.07) is 0. The molecule has 6 atom stereocenters. The Labute approximate surface area is 144 Å². The maximum atomic E-state index is 11.7. The summed E-state index contributed by atoms with van der Waals surface area (Å²) >= 11 is 0. The summed E-state index contributed by atoms with van der Waals surface area (Å²) in [6.45, 7) is 4.09. The fourth-order valence-corrected chi connectivity index (χ4v) is 2.36. The molecule has 1 aliphatic rings. The molecule has 1 heterocycles. The normalized spacial score (nSPS) is 32.2. The van der Waals surface area contributed by atoms with E-state index in [2.05, 4.69) is 0 Å². The highest BCUT2D eigenvalue weighted by molar-refractivity contribution is 5.73. The van der Waals surface area contributed by atoms with E-state index in [1.54, 1.807) is 13.8 Å². The minimum Gasteiger partial charge on any atom is -0.481 e. The molecule has 25 heavy (non-hydrogen) atoms. The third-order valence-electron chi connectivity index (χ3n) is 3.54. The Morgan fingerprint density at radius 1 is 1.12 bits per heavy atom. The number of ether oxygens (including phenoxy) is 3. The first kappa shape index (κ1) is 21.7. The van der Waals surface area contributed by atoms with Gasteiger partial charge in [0.1, 0.15) is 31.0 Å². The molecule has 1 saturated heterocycles. The molecule has 0 radical (unpaired) electrons. The van der Waals surface area contributed by atoms with E-state index in [-0.39, 0.29) is 6.10 Å². The van der Waals surface area contributed by atoms with Gasteiger partial charge < -0.3 is 39.7 Å².